The lowest BCUT2D eigenvalue weighted by atomic mass is 10.0. The van der Waals surface area contributed by atoms with Gasteiger partial charge in [0, 0.05) is 0 Å². The van der Waals surface area contributed by atoms with Crippen molar-refractivity contribution >= 4 is 6.21 Å². The highest BCUT2D eigenvalue weighted by Gasteiger charge is 2.00. The summed E-state index contributed by atoms with van der Waals surface area (Å²) in [4.78, 5) is 5.32. The van der Waals surface area contributed by atoms with Crippen LogP contribution in [-0.2, 0) is 17.9 Å². The van der Waals surface area contributed by atoms with Crippen LogP contribution in [0, 0.1) is 0 Å². The number of nitrogens with zero attached hydrogens (tertiary/aromatic N) is 1. The first-order valence-electron chi connectivity index (χ1n) is 6.80. The second-order valence-corrected chi connectivity index (χ2v) is 4.70. The first-order chi connectivity index (χ1) is 8.88. The maximum atomic E-state index is 5.32. The van der Waals surface area contributed by atoms with Crippen molar-refractivity contribution in [1.29, 1.82) is 0 Å². The van der Waals surface area contributed by atoms with Gasteiger partial charge in [-0.05, 0) is 48.8 Å². The molecule has 0 heterocycles. The number of benzene rings is 1. The van der Waals surface area contributed by atoms with Gasteiger partial charge in [0.15, 0.2) is 0 Å². The molecular weight excluding hydrogens is 222 g/mol. The SMILES string of the molecule is CCc1ccc(CON=CC2=CCCCC2)cc1. The van der Waals surface area contributed by atoms with E-state index in [-0.39, 0.29) is 0 Å². The number of hydrogen-bond acceptors (Lipinski definition) is 2. The molecule has 0 unspecified atom stereocenters. The molecule has 0 atom stereocenters. The van der Waals surface area contributed by atoms with Crippen LogP contribution in [0.4, 0.5) is 0 Å². The van der Waals surface area contributed by atoms with Crippen molar-refractivity contribution in [3.63, 3.8) is 0 Å². The molecule has 0 aromatic heterocycles. The molecule has 0 saturated carbocycles. The summed E-state index contributed by atoms with van der Waals surface area (Å²) in [5.41, 5.74) is 3.83. The van der Waals surface area contributed by atoms with E-state index >= 15 is 0 Å². The maximum absolute atomic E-state index is 5.32. The smallest absolute Gasteiger partial charge is 0.142 e. The van der Waals surface area contributed by atoms with Gasteiger partial charge in [-0.3, -0.25) is 0 Å². The van der Waals surface area contributed by atoms with Crippen molar-refractivity contribution < 1.29 is 4.84 Å². The van der Waals surface area contributed by atoms with Gasteiger partial charge in [-0.2, -0.15) is 0 Å². The van der Waals surface area contributed by atoms with E-state index in [1.165, 1.54) is 36.0 Å². The summed E-state index contributed by atoms with van der Waals surface area (Å²) in [6.07, 6.45) is 10.1. The first kappa shape index (κ1) is 12.9. The summed E-state index contributed by atoms with van der Waals surface area (Å²) in [6, 6.07) is 8.50. The van der Waals surface area contributed by atoms with E-state index in [4.69, 9.17) is 4.84 Å². The molecule has 18 heavy (non-hydrogen) atoms. The van der Waals surface area contributed by atoms with Crippen molar-refractivity contribution in [1.82, 2.24) is 0 Å². The third-order valence-electron chi connectivity index (χ3n) is 3.28. The van der Waals surface area contributed by atoms with Crippen LogP contribution < -0.4 is 0 Å². The number of rotatable bonds is 5. The van der Waals surface area contributed by atoms with Gasteiger partial charge >= 0.3 is 0 Å². The van der Waals surface area contributed by atoms with Crippen LogP contribution in [0.25, 0.3) is 0 Å². The van der Waals surface area contributed by atoms with Gasteiger partial charge in [0.25, 0.3) is 0 Å². The largest absolute Gasteiger partial charge is 0.391 e. The van der Waals surface area contributed by atoms with Gasteiger partial charge in [0.05, 0.1) is 6.21 Å². The van der Waals surface area contributed by atoms with E-state index < -0.39 is 0 Å². The predicted molar refractivity (Wildman–Crippen MR) is 75.7 cm³/mol. The van der Waals surface area contributed by atoms with Gasteiger partial charge in [-0.15, -0.1) is 0 Å². The Kier molecular flexibility index (Phi) is 5.00. The zero-order chi connectivity index (χ0) is 12.6. The number of aryl methyl sites for hydroxylation is 1. The third kappa shape index (κ3) is 4.02. The van der Waals surface area contributed by atoms with Crippen LogP contribution in [-0.4, -0.2) is 6.21 Å². The number of hydrogen-bond donors (Lipinski definition) is 0. The van der Waals surface area contributed by atoms with Crippen LogP contribution in [0.2, 0.25) is 0 Å². The lowest BCUT2D eigenvalue weighted by Crippen LogP contribution is -1.94. The van der Waals surface area contributed by atoms with E-state index in [2.05, 4.69) is 42.4 Å². The Morgan fingerprint density at radius 3 is 2.61 bits per heavy atom. The molecule has 0 radical (unpaired) electrons. The lowest BCUT2D eigenvalue weighted by molar-refractivity contribution is 0.132. The van der Waals surface area contributed by atoms with Gasteiger partial charge in [-0.1, -0.05) is 42.4 Å². The van der Waals surface area contributed by atoms with Crippen LogP contribution in [0.5, 0.6) is 0 Å². The normalized spacial score (nSPS) is 15.7. The maximum Gasteiger partial charge on any atom is 0.142 e. The average molecular weight is 243 g/mol. The topological polar surface area (TPSA) is 21.6 Å². The fraction of sp³-hybridized carbons (Fsp3) is 0.438. The molecule has 1 aromatic rings. The monoisotopic (exact) mass is 243 g/mol. The zero-order valence-corrected chi connectivity index (χ0v) is 11.1. The van der Waals surface area contributed by atoms with Crippen molar-refractivity contribution in [3.8, 4) is 0 Å². The Balaban J connectivity index is 1.77. The second kappa shape index (κ2) is 7.00. The molecule has 0 spiro atoms. The molecule has 0 bridgehead atoms. The quantitative estimate of drug-likeness (QED) is 0.559. The minimum Gasteiger partial charge on any atom is -0.391 e. The Bertz CT molecular complexity index is 417. The molecule has 2 nitrogen and oxygen atoms in total. The molecule has 2 heteroatoms. The molecule has 0 aliphatic heterocycles. The summed E-state index contributed by atoms with van der Waals surface area (Å²) < 4.78 is 0. The Morgan fingerprint density at radius 2 is 1.94 bits per heavy atom. The molecule has 1 aliphatic rings. The van der Waals surface area contributed by atoms with Gasteiger partial charge in [0.1, 0.15) is 6.61 Å². The molecular formula is C16H21NO. The first-order valence-corrected chi connectivity index (χ1v) is 6.80. The van der Waals surface area contributed by atoms with E-state index in [0.717, 1.165) is 12.8 Å². The molecule has 2 rings (SSSR count). The van der Waals surface area contributed by atoms with E-state index in [0.29, 0.717) is 6.61 Å². The fourth-order valence-corrected chi connectivity index (χ4v) is 2.07. The fourth-order valence-electron chi connectivity index (χ4n) is 2.07. The summed E-state index contributed by atoms with van der Waals surface area (Å²) >= 11 is 0. The van der Waals surface area contributed by atoms with E-state index in [1.807, 2.05) is 6.21 Å². The average Bonchev–Trinajstić information content (AvgIpc) is 2.45. The van der Waals surface area contributed by atoms with Gasteiger partial charge in [0.2, 0.25) is 0 Å². The molecule has 1 aliphatic carbocycles. The summed E-state index contributed by atoms with van der Waals surface area (Å²) in [7, 11) is 0. The van der Waals surface area contributed by atoms with E-state index in [9.17, 15) is 0 Å². The molecule has 0 fully saturated rings. The van der Waals surface area contributed by atoms with Crippen molar-refractivity contribution in [2.75, 3.05) is 0 Å². The molecule has 96 valence electrons. The highest BCUT2D eigenvalue weighted by molar-refractivity contribution is 5.78. The summed E-state index contributed by atoms with van der Waals surface area (Å²) in [5, 5.41) is 4.04. The van der Waals surface area contributed by atoms with Crippen molar-refractivity contribution in [3.05, 3.63) is 47.0 Å². The van der Waals surface area contributed by atoms with Gasteiger partial charge in [-0.25, -0.2) is 0 Å². The molecule has 1 aromatic carbocycles. The standard InChI is InChI=1S/C16H21NO/c1-2-14-8-10-16(11-9-14)13-18-17-12-15-6-4-3-5-7-15/h6,8-12H,2-5,7,13H2,1H3. The second-order valence-electron chi connectivity index (χ2n) is 4.70. The lowest BCUT2D eigenvalue weighted by Gasteiger charge is -2.07. The molecule has 0 saturated heterocycles. The van der Waals surface area contributed by atoms with Crippen LogP contribution in [0.1, 0.15) is 43.7 Å². The minimum atomic E-state index is 0.549. The van der Waals surface area contributed by atoms with Crippen LogP contribution in [0.15, 0.2) is 41.1 Å². The molecule has 0 amide bonds. The predicted octanol–water partition coefficient (Wildman–Crippen LogP) is 4.25. The Labute approximate surface area is 109 Å². The van der Waals surface area contributed by atoms with Crippen molar-refractivity contribution in [2.45, 2.75) is 45.6 Å². The highest BCUT2D eigenvalue weighted by atomic mass is 16.6. The van der Waals surface area contributed by atoms with Gasteiger partial charge < -0.3 is 4.84 Å². The van der Waals surface area contributed by atoms with Crippen molar-refractivity contribution in [2.24, 2.45) is 5.16 Å². The Morgan fingerprint density at radius 1 is 1.17 bits per heavy atom. The van der Waals surface area contributed by atoms with Crippen LogP contribution in [0.3, 0.4) is 0 Å². The zero-order valence-electron chi connectivity index (χ0n) is 11.1. The third-order valence-corrected chi connectivity index (χ3v) is 3.28. The van der Waals surface area contributed by atoms with Crippen LogP contribution >= 0.6 is 0 Å². The number of oxime groups is 1. The van der Waals surface area contributed by atoms with E-state index in [1.54, 1.807) is 0 Å². The molecule has 0 N–H and O–H groups in total. The minimum absolute atomic E-state index is 0.549. The summed E-state index contributed by atoms with van der Waals surface area (Å²) in [5.74, 6) is 0. The highest BCUT2D eigenvalue weighted by Crippen LogP contribution is 2.15. The summed E-state index contributed by atoms with van der Waals surface area (Å²) in [6.45, 7) is 2.71. The number of allylic oxidation sites excluding steroid dienone is 2. The Hall–Kier alpha value is -1.57.